The van der Waals surface area contributed by atoms with Gasteiger partial charge in [-0.2, -0.15) is 0 Å². The average molecular weight is 285 g/mol. The molecule has 1 heterocycles. The van der Waals surface area contributed by atoms with E-state index >= 15 is 0 Å². The number of ether oxygens (including phenoxy) is 1. The van der Waals surface area contributed by atoms with Gasteiger partial charge in [0.15, 0.2) is 0 Å². The zero-order valence-corrected chi connectivity index (χ0v) is 12.2. The van der Waals surface area contributed by atoms with Gasteiger partial charge in [-0.1, -0.05) is 12.1 Å². The van der Waals surface area contributed by atoms with Crippen LogP contribution in [0.1, 0.15) is 30.3 Å². The Morgan fingerprint density at radius 2 is 2.29 bits per heavy atom. The first-order valence-corrected chi connectivity index (χ1v) is 7.10. The van der Waals surface area contributed by atoms with Crippen LogP contribution in [0.4, 0.5) is 0 Å². The monoisotopic (exact) mass is 285 g/mol. The summed E-state index contributed by atoms with van der Waals surface area (Å²) in [6.07, 6.45) is 5.59. The van der Waals surface area contributed by atoms with Gasteiger partial charge < -0.3 is 14.6 Å². The highest BCUT2D eigenvalue weighted by atomic mass is 16.5. The maximum atomic E-state index is 12.2. The molecule has 1 atom stereocenters. The lowest BCUT2D eigenvalue weighted by Gasteiger charge is -2.19. The molecule has 3 rings (SSSR count). The number of carbonyl (C=O) groups is 1. The predicted molar refractivity (Wildman–Crippen MR) is 78.9 cm³/mol. The fourth-order valence-electron chi connectivity index (χ4n) is 2.38. The van der Waals surface area contributed by atoms with E-state index in [1.54, 1.807) is 13.3 Å². The van der Waals surface area contributed by atoms with Gasteiger partial charge in [0, 0.05) is 25.4 Å². The third kappa shape index (κ3) is 2.91. The number of hydrogen-bond acceptors (Lipinski definition) is 3. The van der Waals surface area contributed by atoms with Crippen LogP contribution in [0.5, 0.6) is 5.75 Å². The SMILES string of the molecule is COc1cccc([C@@H](NC(=O)C2CC2)c2nccn2C)c1. The van der Waals surface area contributed by atoms with Crippen LogP contribution in [0.3, 0.4) is 0 Å². The number of nitrogens with zero attached hydrogens (tertiary/aromatic N) is 2. The van der Waals surface area contributed by atoms with E-state index in [0.717, 1.165) is 30.0 Å². The molecule has 0 unspecified atom stereocenters. The Hall–Kier alpha value is -2.30. The molecule has 1 aromatic carbocycles. The number of imidazole rings is 1. The fraction of sp³-hybridized carbons (Fsp3) is 0.375. The second-order valence-electron chi connectivity index (χ2n) is 5.39. The Labute approximate surface area is 124 Å². The predicted octanol–water partition coefficient (Wildman–Crippen LogP) is 2.04. The van der Waals surface area contributed by atoms with Crippen molar-refractivity contribution < 1.29 is 9.53 Å². The van der Waals surface area contributed by atoms with E-state index < -0.39 is 0 Å². The van der Waals surface area contributed by atoms with Crippen LogP contribution >= 0.6 is 0 Å². The molecule has 1 fully saturated rings. The first-order valence-electron chi connectivity index (χ1n) is 7.10. The molecular formula is C16H19N3O2. The molecule has 5 nitrogen and oxygen atoms in total. The minimum absolute atomic E-state index is 0.103. The van der Waals surface area contributed by atoms with Crippen LogP contribution in [-0.2, 0) is 11.8 Å². The standard InChI is InChI=1S/C16H19N3O2/c1-19-9-8-17-15(19)14(18-16(20)11-6-7-11)12-4-3-5-13(10-12)21-2/h3-5,8-11,14H,6-7H2,1-2H3,(H,18,20)/t14-/m1/s1. The second kappa shape index (κ2) is 5.60. The Kier molecular flexibility index (Phi) is 3.64. The van der Waals surface area contributed by atoms with E-state index in [-0.39, 0.29) is 17.9 Å². The lowest BCUT2D eigenvalue weighted by Crippen LogP contribution is -2.32. The van der Waals surface area contributed by atoms with Crippen molar-refractivity contribution in [1.82, 2.24) is 14.9 Å². The van der Waals surface area contributed by atoms with Crippen molar-refractivity contribution >= 4 is 5.91 Å². The topological polar surface area (TPSA) is 56.1 Å². The summed E-state index contributed by atoms with van der Waals surface area (Å²) in [6, 6.07) is 7.48. The molecule has 0 saturated heterocycles. The largest absolute Gasteiger partial charge is 0.497 e. The highest BCUT2D eigenvalue weighted by Crippen LogP contribution is 2.31. The number of carbonyl (C=O) groups excluding carboxylic acids is 1. The van der Waals surface area contributed by atoms with Crippen molar-refractivity contribution in [1.29, 1.82) is 0 Å². The summed E-state index contributed by atoms with van der Waals surface area (Å²) < 4.78 is 7.21. The van der Waals surface area contributed by atoms with Gasteiger partial charge in [0.2, 0.25) is 5.91 Å². The zero-order chi connectivity index (χ0) is 14.8. The van der Waals surface area contributed by atoms with E-state index in [0.29, 0.717) is 0 Å². The lowest BCUT2D eigenvalue weighted by atomic mass is 10.1. The molecule has 21 heavy (non-hydrogen) atoms. The zero-order valence-electron chi connectivity index (χ0n) is 12.2. The number of benzene rings is 1. The Morgan fingerprint density at radius 3 is 2.90 bits per heavy atom. The molecule has 1 saturated carbocycles. The Balaban J connectivity index is 1.94. The fourth-order valence-corrected chi connectivity index (χ4v) is 2.38. The number of hydrogen-bond donors (Lipinski definition) is 1. The van der Waals surface area contributed by atoms with Crippen LogP contribution < -0.4 is 10.1 Å². The van der Waals surface area contributed by atoms with Gasteiger partial charge in [-0.15, -0.1) is 0 Å². The van der Waals surface area contributed by atoms with E-state index in [4.69, 9.17) is 4.74 Å². The summed E-state index contributed by atoms with van der Waals surface area (Å²) in [4.78, 5) is 16.6. The molecule has 0 radical (unpaired) electrons. The van der Waals surface area contributed by atoms with E-state index in [2.05, 4.69) is 10.3 Å². The summed E-state index contributed by atoms with van der Waals surface area (Å²) in [6.45, 7) is 0. The minimum atomic E-state index is -0.256. The molecular weight excluding hydrogens is 266 g/mol. The number of aromatic nitrogens is 2. The Bertz CT molecular complexity index is 646. The van der Waals surface area contributed by atoms with E-state index in [1.165, 1.54) is 0 Å². The number of methoxy groups -OCH3 is 1. The van der Waals surface area contributed by atoms with Crippen molar-refractivity contribution in [3.8, 4) is 5.75 Å². The van der Waals surface area contributed by atoms with Gasteiger partial charge in [-0.25, -0.2) is 4.98 Å². The van der Waals surface area contributed by atoms with E-state index in [9.17, 15) is 4.79 Å². The summed E-state index contributed by atoms with van der Waals surface area (Å²) >= 11 is 0. The van der Waals surface area contributed by atoms with Gasteiger partial charge in [0.05, 0.1) is 7.11 Å². The summed E-state index contributed by atoms with van der Waals surface area (Å²) in [5, 5.41) is 3.11. The maximum absolute atomic E-state index is 12.2. The number of aryl methyl sites for hydroxylation is 1. The van der Waals surface area contributed by atoms with Gasteiger partial charge in [0.1, 0.15) is 17.6 Å². The van der Waals surface area contributed by atoms with Crippen LogP contribution in [-0.4, -0.2) is 22.6 Å². The van der Waals surface area contributed by atoms with Crippen LogP contribution in [0.25, 0.3) is 0 Å². The summed E-state index contributed by atoms with van der Waals surface area (Å²) in [5.74, 6) is 1.86. The highest BCUT2D eigenvalue weighted by molar-refractivity contribution is 5.81. The Morgan fingerprint density at radius 1 is 1.48 bits per heavy atom. The molecule has 1 aromatic heterocycles. The molecule has 1 amide bonds. The molecule has 1 N–H and O–H groups in total. The van der Waals surface area contributed by atoms with Gasteiger partial charge in [-0.3, -0.25) is 4.79 Å². The second-order valence-corrected chi connectivity index (χ2v) is 5.39. The van der Waals surface area contributed by atoms with Crippen LogP contribution in [0, 0.1) is 5.92 Å². The quantitative estimate of drug-likeness (QED) is 0.914. The summed E-state index contributed by atoms with van der Waals surface area (Å²) in [7, 11) is 3.57. The van der Waals surface area contributed by atoms with Crippen molar-refractivity contribution in [2.75, 3.05) is 7.11 Å². The molecule has 2 aromatic rings. The molecule has 0 aliphatic heterocycles. The highest BCUT2D eigenvalue weighted by Gasteiger charge is 2.32. The molecule has 110 valence electrons. The van der Waals surface area contributed by atoms with Crippen molar-refractivity contribution in [2.45, 2.75) is 18.9 Å². The van der Waals surface area contributed by atoms with Gasteiger partial charge in [-0.05, 0) is 30.5 Å². The molecule has 0 spiro atoms. The van der Waals surface area contributed by atoms with Crippen molar-refractivity contribution in [3.05, 3.63) is 48.0 Å². The molecule has 5 heteroatoms. The number of rotatable bonds is 5. The number of nitrogens with one attached hydrogen (secondary N) is 1. The van der Waals surface area contributed by atoms with Crippen molar-refractivity contribution in [3.63, 3.8) is 0 Å². The van der Waals surface area contributed by atoms with Gasteiger partial charge in [0.25, 0.3) is 0 Å². The third-order valence-electron chi connectivity index (χ3n) is 3.78. The average Bonchev–Trinajstić information content (AvgIpc) is 3.27. The normalized spacial score (nSPS) is 15.5. The van der Waals surface area contributed by atoms with Gasteiger partial charge >= 0.3 is 0 Å². The van der Waals surface area contributed by atoms with Crippen LogP contribution in [0.15, 0.2) is 36.7 Å². The third-order valence-corrected chi connectivity index (χ3v) is 3.78. The first kappa shape index (κ1) is 13.7. The summed E-state index contributed by atoms with van der Waals surface area (Å²) in [5.41, 5.74) is 0.970. The van der Waals surface area contributed by atoms with E-state index in [1.807, 2.05) is 42.1 Å². The van der Waals surface area contributed by atoms with Crippen molar-refractivity contribution in [2.24, 2.45) is 13.0 Å². The molecule has 1 aliphatic carbocycles. The molecule has 1 aliphatic rings. The van der Waals surface area contributed by atoms with Crippen LogP contribution in [0.2, 0.25) is 0 Å². The molecule has 0 bridgehead atoms. The first-order chi connectivity index (χ1) is 10.2. The number of amides is 1. The smallest absolute Gasteiger partial charge is 0.223 e. The minimum Gasteiger partial charge on any atom is -0.497 e. The lowest BCUT2D eigenvalue weighted by molar-refractivity contribution is -0.122. The maximum Gasteiger partial charge on any atom is 0.223 e.